The summed E-state index contributed by atoms with van der Waals surface area (Å²) in [5.41, 5.74) is 1.31. The number of benzene rings is 1. The van der Waals surface area contributed by atoms with Gasteiger partial charge in [0, 0.05) is 13.0 Å². The van der Waals surface area contributed by atoms with E-state index in [1.54, 1.807) is 0 Å². The van der Waals surface area contributed by atoms with Gasteiger partial charge in [0.05, 0.1) is 6.04 Å². The maximum absolute atomic E-state index is 12.1. The van der Waals surface area contributed by atoms with Crippen LogP contribution in [0.4, 0.5) is 0 Å². The normalized spacial score (nSPS) is 21.2. The van der Waals surface area contributed by atoms with E-state index in [1.807, 2.05) is 6.07 Å². The fourth-order valence-electron chi connectivity index (χ4n) is 2.73. The molecule has 0 aromatic heterocycles. The van der Waals surface area contributed by atoms with E-state index in [9.17, 15) is 4.79 Å². The van der Waals surface area contributed by atoms with Crippen LogP contribution in [0.3, 0.4) is 0 Å². The summed E-state index contributed by atoms with van der Waals surface area (Å²) in [6.45, 7) is 4.17. The Balaban J connectivity index is 2.01. The number of likely N-dealkylation sites (tertiary alicyclic amines) is 1. The average Bonchev–Trinajstić information content (AvgIpc) is 2.39. The van der Waals surface area contributed by atoms with Crippen molar-refractivity contribution in [1.29, 1.82) is 0 Å². The fourth-order valence-corrected chi connectivity index (χ4v) is 2.73. The SMILES string of the molecule is CCCCC1C(=O)CCCN1Cc1ccccc1. The van der Waals surface area contributed by atoms with Crippen molar-refractivity contribution in [2.45, 2.75) is 51.6 Å². The zero-order valence-electron chi connectivity index (χ0n) is 11.3. The summed E-state index contributed by atoms with van der Waals surface area (Å²) < 4.78 is 0. The summed E-state index contributed by atoms with van der Waals surface area (Å²) in [6.07, 6.45) is 5.15. The van der Waals surface area contributed by atoms with E-state index in [1.165, 1.54) is 12.0 Å². The summed E-state index contributed by atoms with van der Waals surface area (Å²) in [6, 6.07) is 10.6. The zero-order chi connectivity index (χ0) is 12.8. The van der Waals surface area contributed by atoms with Crippen molar-refractivity contribution < 1.29 is 4.79 Å². The van der Waals surface area contributed by atoms with Crippen molar-refractivity contribution in [3.05, 3.63) is 35.9 Å². The molecule has 1 saturated heterocycles. The van der Waals surface area contributed by atoms with Crippen LogP contribution in [0.2, 0.25) is 0 Å². The number of rotatable bonds is 5. The van der Waals surface area contributed by atoms with E-state index in [-0.39, 0.29) is 6.04 Å². The lowest BCUT2D eigenvalue weighted by Gasteiger charge is -2.34. The van der Waals surface area contributed by atoms with Gasteiger partial charge in [0.15, 0.2) is 0 Å². The number of nitrogens with zero attached hydrogens (tertiary/aromatic N) is 1. The second-order valence-electron chi connectivity index (χ2n) is 5.18. The molecule has 2 rings (SSSR count). The number of unbranched alkanes of at least 4 members (excludes halogenated alkanes) is 1. The van der Waals surface area contributed by atoms with E-state index < -0.39 is 0 Å². The summed E-state index contributed by atoms with van der Waals surface area (Å²) in [5, 5.41) is 0. The molecule has 1 aliphatic heterocycles. The molecule has 1 aromatic carbocycles. The Bertz CT molecular complexity index is 374. The lowest BCUT2D eigenvalue weighted by molar-refractivity contribution is -0.127. The minimum Gasteiger partial charge on any atom is -0.298 e. The highest BCUT2D eigenvalue weighted by atomic mass is 16.1. The minimum absolute atomic E-state index is 0.166. The van der Waals surface area contributed by atoms with Crippen molar-refractivity contribution in [1.82, 2.24) is 4.90 Å². The first-order chi connectivity index (χ1) is 8.81. The van der Waals surface area contributed by atoms with Gasteiger partial charge in [-0.3, -0.25) is 9.69 Å². The highest BCUT2D eigenvalue weighted by Crippen LogP contribution is 2.21. The molecule has 98 valence electrons. The first-order valence-electron chi connectivity index (χ1n) is 7.12. The Morgan fingerprint density at radius 1 is 1.28 bits per heavy atom. The van der Waals surface area contributed by atoms with E-state index in [2.05, 4.69) is 36.1 Å². The molecular formula is C16H23NO. The van der Waals surface area contributed by atoms with Gasteiger partial charge in [-0.05, 0) is 24.9 Å². The number of hydrogen-bond donors (Lipinski definition) is 0. The minimum atomic E-state index is 0.166. The highest BCUT2D eigenvalue weighted by Gasteiger charge is 2.28. The van der Waals surface area contributed by atoms with E-state index in [0.717, 1.165) is 38.8 Å². The molecule has 1 aliphatic rings. The summed E-state index contributed by atoms with van der Waals surface area (Å²) in [5.74, 6) is 0.450. The van der Waals surface area contributed by atoms with Crippen LogP contribution in [0.15, 0.2) is 30.3 Å². The smallest absolute Gasteiger partial charge is 0.150 e. The van der Waals surface area contributed by atoms with Gasteiger partial charge in [0.25, 0.3) is 0 Å². The van der Waals surface area contributed by atoms with E-state index in [0.29, 0.717) is 5.78 Å². The predicted octanol–water partition coefficient (Wildman–Crippen LogP) is 3.41. The first kappa shape index (κ1) is 13.3. The van der Waals surface area contributed by atoms with Crippen LogP contribution in [-0.2, 0) is 11.3 Å². The van der Waals surface area contributed by atoms with Crippen LogP contribution in [0.25, 0.3) is 0 Å². The Kier molecular flexibility index (Phi) is 4.94. The Morgan fingerprint density at radius 2 is 2.06 bits per heavy atom. The number of piperidine rings is 1. The Hall–Kier alpha value is -1.15. The maximum Gasteiger partial charge on any atom is 0.150 e. The van der Waals surface area contributed by atoms with E-state index >= 15 is 0 Å². The third-order valence-corrected chi connectivity index (χ3v) is 3.74. The second-order valence-corrected chi connectivity index (χ2v) is 5.18. The van der Waals surface area contributed by atoms with Gasteiger partial charge >= 0.3 is 0 Å². The molecule has 0 saturated carbocycles. The summed E-state index contributed by atoms with van der Waals surface area (Å²) in [7, 11) is 0. The van der Waals surface area contributed by atoms with Crippen LogP contribution in [-0.4, -0.2) is 23.3 Å². The molecule has 0 radical (unpaired) electrons. The standard InChI is InChI=1S/C16H23NO/c1-2-3-10-15-16(18)11-7-12-17(15)13-14-8-5-4-6-9-14/h4-6,8-9,15H,2-3,7,10-13H2,1H3. The monoisotopic (exact) mass is 245 g/mol. The van der Waals surface area contributed by atoms with Gasteiger partial charge in [-0.15, -0.1) is 0 Å². The third kappa shape index (κ3) is 3.42. The van der Waals surface area contributed by atoms with Crippen LogP contribution in [0.1, 0.15) is 44.6 Å². The Labute approximate surface area is 110 Å². The molecule has 0 amide bonds. The fraction of sp³-hybridized carbons (Fsp3) is 0.562. The van der Waals surface area contributed by atoms with Gasteiger partial charge < -0.3 is 0 Å². The summed E-state index contributed by atoms with van der Waals surface area (Å²) >= 11 is 0. The van der Waals surface area contributed by atoms with Gasteiger partial charge in [-0.25, -0.2) is 0 Å². The van der Waals surface area contributed by atoms with E-state index in [4.69, 9.17) is 0 Å². The van der Waals surface area contributed by atoms with Crippen molar-refractivity contribution in [2.24, 2.45) is 0 Å². The zero-order valence-corrected chi connectivity index (χ0v) is 11.3. The molecule has 0 N–H and O–H groups in total. The number of carbonyl (C=O) groups excluding carboxylic acids is 1. The topological polar surface area (TPSA) is 20.3 Å². The number of hydrogen-bond acceptors (Lipinski definition) is 2. The molecule has 1 heterocycles. The number of ketones is 1. The predicted molar refractivity (Wildman–Crippen MR) is 74.4 cm³/mol. The molecule has 0 spiro atoms. The van der Waals surface area contributed by atoms with Crippen LogP contribution in [0.5, 0.6) is 0 Å². The van der Waals surface area contributed by atoms with Gasteiger partial charge in [-0.2, -0.15) is 0 Å². The molecule has 18 heavy (non-hydrogen) atoms. The lowest BCUT2D eigenvalue weighted by Crippen LogP contribution is -2.45. The second kappa shape index (κ2) is 6.69. The van der Waals surface area contributed by atoms with Gasteiger partial charge in [-0.1, -0.05) is 50.1 Å². The quantitative estimate of drug-likeness (QED) is 0.792. The average molecular weight is 245 g/mol. The van der Waals surface area contributed by atoms with Crippen molar-refractivity contribution in [3.63, 3.8) is 0 Å². The summed E-state index contributed by atoms with van der Waals surface area (Å²) in [4.78, 5) is 14.4. The molecular weight excluding hydrogens is 222 g/mol. The first-order valence-corrected chi connectivity index (χ1v) is 7.12. The molecule has 1 fully saturated rings. The van der Waals surface area contributed by atoms with Crippen molar-refractivity contribution in [2.75, 3.05) is 6.54 Å². The van der Waals surface area contributed by atoms with Crippen LogP contribution in [0, 0.1) is 0 Å². The van der Waals surface area contributed by atoms with Crippen molar-refractivity contribution >= 4 is 5.78 Å². The largest absolute Gasteiger partial charge is 0.298 e. The van der Waals surface area contributed by atoms with Gasteiger partial charge in [0.1, 0.15) is 5.78 Å². The maximum atomic E-state index is 12.1. The van der Waals surface area contributed by atoms with Crippen LogP contribution < -0.4 is 0 Å². The molecule has 1 aromatic rings. The van der Waals surface area contributed by atoms with Gasteiger partial charge in [0.2, 0.25) is 0 Å². The number of Topliss-reactive ketones (excluding diaryl/α,β-unsaturated/α-hetero) is 1. The Morgan fingerprint density at radius 3 is 2.78 bits per heavy atom. The van der Waals surface area contributed by atoms with Crippen LogP contribution >= 0.6 is 0 Å². The third-order valence-electron chi connectivity index (χ3n) is 3.74. The highest BCUT2D eigenvalue weighted by molar-refractivity contribution is 5.84. The molecule has 1 unspecified atom stereocenters. The lowest BCUT2D eigenvalue weighted by atomic mass is 9.95. The molecule has 2 heteroatoms. The molecule has 0 bridgehead atoms. The molecule has 2 nitrogen and oxygen atoms in total. The molecule has 1 atom stereocenters. The molecule has 0 aliphatic carbocycles. The number of carbonyl (C=O) groups is 1. The van der Waals surface area contributed by atoms with Crippen molar-refractivity contribution in [3.8, 4) is 0 Å².